The summed E-state index contributed by atoms with van der Waals surface area (Å²) in [4.78, 5) is 12.9. The molecule has 0 aromatic heterocycles. The summed E-state index contributed by atoms with van der Waals surface area (Å²) in [5.41, 5.74) is 1.00. The van der Waals surface area contributed by atoms with Crippen LogP contribution in [0, 0.1) is 0 Å². The molecule has 0 heterocycles. The smallest absolute Gasteiger partial charge is 0.198 e. The van der Waals surface area contributed by atoms with Crippen LogP contribution in [0.1, 0.15) is 5.56 Å². The van der Waals surface area contributed by atoms with Crippen LogP contribution in [-0.4, -0.2) is 12.2 Å². The lowest BCUT2D eigenvalue weighted by atomic mass is 10.2. The minimum Gasteiger partial charge on any atom is -0.497 e. The molecule has 18 heavy (non-hydrogen) atoms. The molecule has 0 aliphatic heterocycles. The van der Waals surface area contributed by atoms with Gasteiger partial charge in [-0.3, -0.25) is 4.79 Å². The van der Waals surface area contributed by atoms with Crippen LogP contribution in [0.15, 0.2) is 59.5 Å². The third kappa shape index (κ3) is 3.64. The van der Waals surface area contributed by atoms with Gasteiger partial charge in [0.2, 0.25) is 0 Å². The molecular formula is C15H14O2S. The third-order valence-corrected chi connectivity index (χ3v) is 3.36. The summed E-state index contributed by atoms with van der Waals surface area (Å²) in [6, 6.07) is 17.3. The largest absolute Gasteiger partial charge is 0.497 e. The molecule has 2 rings (SSSR count). The molecule has 2 aromatic carbocycles. The SMILES string of the molecule is COc1ccc(CC(=O)Sc2ccccc2)cc1. The summed E-state index contributed by atoms with van der Waals surface area (Å²) in [7, 11) is 1.63. The molecule has 0 radical (unpaired) electrons. The fourth-order valence-corrected chi connectivity index (χ4v) is 2.36. The van der Waals surface area contributed by atoms with Crippen molar-refractivity contribution < 1.29 is 9.53 Å². The highest BCUT2D eigenvalue weighted by Crippen LogP contribution is 2.20. The molecular weight excluding hydrogens is 244 g/mol. The summed E-state index contributed by atoms with van der Waals surface area (Å²) >= 11 is 1.28. The zero-order valence-corrected chi connectivity index (χ0v) is 10.9. The Kier molecular flexibility index (Phi) is 4.42. The average Bonchev–Trinajstić information content (AvgIpc) is 2.40. The molecule has 0 atom stereocenters. The third-order valence-electron chi connectivity index (χ3n) is 2.48. The van der Waals surface area contributed by atoms with Gasteiger partial charge in [0.15, 0.2) is 5.12 Å². The van der Waals surface area contributed by atoms with Gasteiger partial charge in [-0.2, -0.15) is 0 Å². The van der Waals surface area contributed by atoms with Crippen molar-refractivity contribution in [1.29, 1.82) is 0 Å². The fourth-order valence-electron chi connectivity index (χ4n) is 1.57. The van der Waals surface area contributed by atoms with Crippen molar-refractivity contribution in [2.75, 3.05) is 7.11 Å². The van der Waals surface area contributed by atoms with E-state index < -0.39 is 0 Å². The van der Waals surface area contributed by atoms with Crippen molar-refractivity contribution in [2.45, 2.75) is 11.3 Å². The normalized spacial score (nSPS) is 10.1. The molecule has 0 spiro atoms. The van der Waals surface area contributed by atoms with Crippen LogP contribution >= 0.6 is 11.8 Å². The molecule has 0 unspecified atom stereocenters. The lowest BCUT2D eigenvalue weighted by Crippen LogP contribution is -1.97. The van der Waals surface area contributed by atoms with E-state index in [1.807, 2.05) is 54.6 Å². The number of hydrogen-bond donors (Lipinski definition) is 0. The first-order valence-corrected chi connectivity index (χ1v) is 6.48. The summed E-state index contributed by atoms with van der Waals surface area (Å²) < 4.78 is 5.08. The monoisotopic (exact) mass is 258 g/mol. The van der Waals surface area contributed by atoms with E-state index >= 15 is 0 Å². The highest BCUT2D eigenvalue weighted by atomic mass is 32.2. The molecule has 2 aromatic rings. The van der Waals surface area contributed by atoms with Crippen molar-refractivity contribution in [3.05, 3.63) is 60.2 Å². The van der Waals surface area contributed by atoms with E-state index in [1.54, 1.807) is 7.11 Å². The average molecular weight is 258 g/mol. The maximum Gasteiger partial charge on any atom is 0.198 e. The lowest BCUT2D eigenvalue weighted by Gasteiger charge is -2.03. The minimum absolute atomic E-state index is 0.145. The Balaban J connectivity index is 1.94. The molecule has 0 saturated heterocycles. The first kappa shape index (κ1) is 12.7. The van der Waals surface area contributed by atoms with Gasteiger partial charge in [0.05, 0.1) is 7.11 Å². The van der Waals surface area contributed by atoms with E-state index in [2.05, 4.69) is 0 Å². The number of carbonyl (C=O) groups is 1. The predicted molar refractivity (Wildman–Crippen MR) is 74.0 cm³/mol. The van der Waals surface area contributed by atoms with Crippen LogP contribution in [0.3, 0.4) is 0 Å². The first-order chi connectivity index (χ1) is 8.78. The summed E-state index contributed by atoms with van der Waals surface area (Å²) in [5, 5.41) is 0.145. The van der Waals surface area contributed by atoms with Crippen LogP contribution in [0.2, 0.25) is 0 Å². The topological polar surface area (TPSA) is 26.3 Å². The van der Waals surface area contributed by atoms with E-state index in [0.717, 1.165) is 16.2 Å². The quantitative estimate of drug-likeness (QED) is 0.784. The van der Waals surface area contributed by atoms with E-state index in [0.29, 0.717) is 6.42 Å². The molecule has 0 aliphatic carbocycles. The molecule has 0 bridgehead atoms. The summed E-state index contributed by atoms with van der Waals surface area (Å²) in [6.45, 7) is 0. The van der Waals surface area contributed by atoms with E-state index in [-0.39, 0.29) is 5.12 Å². The number of rotatable bonds is 4. The van der Waals surface area contributed by atoms with Crippen molar-refractivity contribution in [2.24, 2.45) is 0 Å². The number of hydrogen-bond acceptors (Lipinski definition) is 3. The van der Waals surface area contributed by atoms with Gasteiger partial charge in [0, 0.05) is 11.3 Å². The predicted octanol–water partition coefficient (Wildman–Crippen LogP) is 3.56. The molecule has 0 saturated carbocycles. The molecule has 0 N–H and O–H groups in total. The summed E-state index contributed by atoms with van der Waals surface area (Å²) in [5.74, 6) is 0.807. The van der Waals surface area contributed by atoms with Crippen LogP contribution in [0.25, 0.3) is 0 Å². The molecule has 0 aliphatic rings. The Morgan fingerprint density at radius 1 is 1.06 bits per heavy atom. The van der Waals surface area contributed by atoms with Gasteiger partial charge in [0.25, 0.3) is 0 Å². The molecule has 92 valence electrons. The fraction of sp³-hybridized carbons (Fsp3) is 0.133. The zero-order valence-electron chi connectivity index (χ0n) is 10.1. The van der Waals surface area contributed by atoms with Gasteiger partial charge in [-0.05, 0) is 29.8 Å². The molecule has 2 nitrogen and oxygen atoms in total. The Bertz CT molecular complexity index is 506. The zero-order chi connectivity index (χ0) is 12.8. The maximum atomic E-state index is 11.9. The van der Waals surface area contributed by atoms with Gasteiger partial charge in [-0.25, -0.2) is 0 Å². The molecule has 0 fully saturated rings. The second-order valence-electron chi connectivity index (χ2n) is 3.81. The Morgan fingerprint density at radius 3 is 2.33 bits per heavy atom. The number of ether oxygens (including phenoxy) is 1. The summed E-state index contributed by atoms with van der Waals surface area (Å²) in [6.07, 6.45) is 0.434. The van der Waals surface area contributed by atoms with E-state index in [1.165, 1.54) is 11.8 Å². The highest BCUT2D eigenvalue weighted by Gasteiger charge is 2.06. The van der Waals surface area contributed by atoms with E-state index in [9.17, 15) is 4.79 Å². The van der Waals surface area contributed by atoms with Crippen molar-refractivity contribution in [3.63, 3.8) is 0 Å². The molecule has 0 amide bonds. The van der Waals surface area contributed by atoms with Crippen molar-refractivity contribution in [3.8, 4) is 5.75 Å². The van der Waals surface area contributed by atoms with Crippen LogP contribution in [0.4, 0.5) is 0 Å². The van der Waals surface area contributed by atoms with Gasteiger partial charge in [-0.1, -0.05) is 42.1 Å². The Morgan fingerprint density at radius 2 is 1.72 bits per heavy atom. The Labute approximate surface area is 111 Å². The van der Waals surface area contributed by atoms with Crippen molar-refractivity contribution >= 4 is 16.9 Å². The van der Waals surface area contributed by atoms with Crippen LogP contribution in [0.5, 0.6) is 5.75 Å². The second-order valence-corrected chi connectivity index (χ2v) is 4.94. The van der Waals surface area contributed by atoms with Crippen LogP contribution < -0.4 is 4.74 Å². The van der Waals surface area contributed by atoms with Gasteiger partial charge in [-0.15, -0.1) is 0 Å². The lowest BCUT2D eigenvalue weighted by molar-refractivity contribution is -0.110. The van der Waals surface area contributed by atoms with Gasteiger partial charge in [0.1, 0.15) is 5.75 Å². The number of methoxy groups -OCH3 is 1. The highest BCUT2D eigenvalue weighted by molar-refractivity contribution is 8.13. The Hall–Kier alpha value is -1.74. The number of thioether (sulfide) groups is 1. The van der Waals surface area contributed by atoms with Crippen LogP contribution in [-0.2, 0) is 11.2 Å². The van der Waals surface area contributed by atoms with Gasteiger partial charge >= 0.3 is 0 Å². The standard InChI is InChI=1S/C15H14O2S/c1-17-13-9-7-12(8-10-13)11-15(16)18-14-5-3-2-4-6-14/h2-10H,11H2,1H3. The second kappa shape index (κ2) is 6.26. The minimum atomic E-state index is 0.145. The maximum absolute atomic E-state index is 11.9. The van der Waals surface area contributed by atoms with E-state index in [4.69, 9.17) is 4.74 Å². The molecule has 3 heteroatoms. The number of carbonyl (C=O) groups excluding carboxylic acids is 1. The first-order valence-electron chi connectivity index (χ1n) is 5.66. The number of benzene rings is 2. The van der Waals surface area contributed by atoms with Crippen molar-refractivity contribution in [1.82, 2.24) is 0 Å². The van der Waals surface area contributed by atoms with Gasteiger partial charge < -0.3 is 4.74 Å².